The quantitative estimate of drug-likeness (QED) is 0.718. The van der Waals surface area contributed by atoms with Gasteiger partial charge in [0.15, 0.2) is 17.2 Å². The topological polar surface area (TPSA) is 89.8 Å². The summed E-state index contributed by atoms with van der Waals surface area (Å²) in [5.41, 5.74) is 2.59. The molecular weight excluding hydrogens is 346 g/mol. The Hall–Kier alpha value is -3.29. The molecule has 0 saturated carbocycles. The molecule has 27 heavy (non-hydrogen) atoms. The van der Waals surface area contributed by atoms with Gasteiger partial charge < -0.3 is 20.1 Å². The van der Waals surface area contributed by atoms with E-state index >= 15 is 0 Å². The third-order valence-electron chi connectivity index (χ3n) is 4.52. The van der Waals surface area contributed by atoms with Gasteiger partial charge in [-0.15, -0.1) is 5.10 Å². The predicted octanol–water partition coefficient (Wildman–Crippen LogP) is 3.27. The normalized spacial score (nSPS) is 14.4. The molecule has 0 fully saturated rings. The number of hydrogen-bond acceptors (Lipinski definition) is 7. The van der Waals surface area contributed by atoms with Crippen molar-refractivity contribution in [3.05, 3.63) is 36.2 Å². The zero-order valence-electron chi connectivity index (χ0n) is 15.3. The van der Waals surface area contributed by atoms with Crippen molar-refractivity contribution in [2.75, 3.05) is 31.4 Å². The molecular formula is C19H21N5O3. The molecule has 4 bridgehead atoms. The molecule has 0 unspecified atom stereocenters. The number of methoxy groups -OCH3 is 1. The van der Waals surface area contributed by atoms with Crippen LogP contribution in [-0.4, -0.2) is 41.1 Å². The van der Waals surface area contributed by atoms with Gasteiger partial charge in [-0.1, -0.05) is 0 Å². The standard InChI is InChI=1S/C19H21N5O3/c1-20-14-10-18-22-13-9-12(6-7-17(13)26-2)27-8-4-3-5-16(25)15-11-21-19(14)24(15)23-18/h6-7,9-11,20H,3-5,8H2,1-2H3,(H,22,23). The van der Waals surface area contributed by atoms with Crippen molar-refractivity contribution in [2.24, 2.45) is 0 Å². The largest absolute Gasteiger partial charge is 0.495 e. The first kappa shape index (κ1) is 17.1. The Bertz CT molecular complexity index is 998. The van der Waals surface area contributed by atoms with E-state index in [0.29, 0.717) is 35.9 Å². The van der Waals surface area contributed by atoms with Crippen molar-refractivity contribution in [1.82, 2.24) is 14.6 Å². The van der Waals surface area contributed by atoms with E-state index in [1.165, 1.54) is 0 Å². The van der Waals surface area contributed by atoms with E-state index in [2.05, 4.69) is 20.7 Å². The van der Waals surface area contributed by atoms with Gasteiger partial charge in [0.25, 0.3) is 0 Å². The Morgan fingerprint density at radius 3 is 3.00 bits per heavy atom. The Balaban J connectivity index is 1.87. The molecule has 3 heterocycles. The van der Waals surface area contributed by atoms with E-state index in [0.717, 1.165) is 30.0 Å². The number of hydrogen-bond donors (Lipinski definition) is 2. The van der Waals surface area contributed by atoms with Gasteiger partial charge in [0.2, 0.25) is 0 Å². The van der Waals surface area contributed by atoms with Crippen LogP contribution < -0.4 is 20.1 Å². The van der Waals surface area contributed by atoms with E-state index in [1.807, 2.05) is 31.3 Å². The van der Waals surface area contributed by atoms with Crippen molar-refractivity contribution >= 4 is 28.6 Å². The van der Waals surface area contributed by atoms with Gasteiger partial charge in [-0.25, -0.2) is 9.50 Å². The Morgan fingerprint density at radius 1 is 1.30 bits per heavy atom. The molecule has 1 aliphatic heterocycles. The number of Topliss-reactive ketones (excluding diaryl/α,β-unsaturated/α-hetero) is 1. The Morgan fingerprint density at radius 2 is 2.19 bits per heavy atom. The van der Waals surface area contributed by atoms with Crippen molar-refractivity contribution in [1.29, 1.82) is 0 Å². The number of benzene rings is 1. The maximum absolute atomic E-state index is 12.6. The lowest BCUT2D eigenvalue weighted by Crippen LogP contribution is -2.10. The molecule has 8 nitrogen and oxygen atoms in total. The smallest absolute Gasteiger partial charge is 0.182 e. The first-order valence-corrected chi connectivity index (χ1v) is 8.87. The van der Waals surface area contributed by atoms with E-state index in [1.54, 1.807) is 17.8 Å². The molecule has 0 saturated heterocycles. The molecule has 0 radical (unpaired) electrons. The van der Waals surface area contributed by atoms with Crippen molar-refractivity contribution in [2.45, 2.75) is 19.3 Å². The average Bonchev–Trinajstić information content (AvgIpc) is 3.10. The lowest BCUT2D eigenvalue weighted by Gasteiger charge is -2.15. The summed E-state index contributed by atoms with van der Waals surface area (Å²) in [6.45, 7) is 0.550. The molecule has 0 atom stereocenters. The van der Waals surface area contributed by atoms with Gasteiger partial charge in [-0.05, 0) is 25.0 Å². The maximum Gasteiger partial charge on any atom is 0.182 e. The highest BCUT2D eigenvalue weighted by molar-refractivity contribution is 5.95. The summed E-state index contributed by atoms with van der Waals surface area (Å²) < 4.78 is 12.8. The third-order valence-corrected chi connectivity index (χ3v) is 4.52. The Kier molecular flexibility index (Phi) is 4.53. The van der Waals surface area contributed by atoms with Crippen molar-refractivity contribution in [3.8, 4) is 11.5 Å². The van der Waals surface area contributed by atoms with Crippen LogP contribution in [0.1, 0.15) is 29.8 Å². The van der Waals surface area contributed by atoms with E-state index in [4.69, 9.17) is 9.47 Å². The lowest BCUT2D eigenvalue weighted by molar-refractivity contribution is 0.0971. The SMILES string of the molecule is CNc1cc2nn3c(cnc13)C(=O)CCCCOc1ccc(OC)c(c1)N2. The fourth-order valence-corrected chi connectivity index (χ4v) is 3.12. The van der Waals surface area contributed by atoms with Crippen LogP contribution in [-0.2, 0) is 0 Å². The van der Waals surface area contributed by atoms with E-state index in [-0.39, 0.29) is 5.78 Å². The number of carbonyl (C=O) groups is 1. The molecule has 1 aromatic carbocycles. The van der Waals surface area contributed by atoms with Gasteiger partial charge in [0.05, 0.1) is 31.3 Å². The summed E-state index contributed by atoms with van der Waals surface area (Å²) in [6, 6.07) is 7.45. The summed E-state index contributed by atoms with van der Waals surface area (Å²) in [7, 11) is 3.42. The van der Waals surface area contributed by atoms with Gasteiger partial charge in [0, 0.05) is 25.6 Å². The number of ketones is 1. The molecule has 3 aromatic rings. The number of anilines is 3. The predicted molar refractivity (Wildman–Crippen MR) is 102 cm³/mol. The summed E-state index contributed by atoms with van der Waals surface area (Å²) in [4.78, 5) is 17.0. The molecule has 0 amide bonds. The van der Waals surface area contributed by atoms with Gasteiger partial charge in [0.1, 0.15) is 17.2 Å². The first-order valence-electron chi connectivity index (χ1n) is 8.87. The van der Waals surface area contributed by atoms with Gasteiger partial charge in [-0.3, -0.25) is 4.79 Å². The number of nitrogens with one attached hydrogen (secondary N) is 2. The van der Waals surface area contributed by atoms with Crippen LogP contribution in [0.25, 0.3) is 5.65 Å². The van der Waals surface area contributed by atoms with Crippen LogP contribution in [0, 0.1) is 0 Å². The maximum atomic E-state index is 12.6. The number of fused-ring (bicyclic) bond motifs is 3. The molecule has 1 aliphatic rings. The zero-order chi connectivity index (χ0) is 18.8. The highest BCUT2D eigenvalue weighted by Gasteiger charge is 2.17. The second kappa shape index (κ2) is 7.14. The average molecular weight is 367 g/mol. The molecule has 140 valence electrons. The highest BCUT2D eigenvalue weighted by Crippen LogP contribution is 2.32. The van der Waals surface area contributed by atoms with Crippen LogP contribution in [0.5, 0.6) is 11.5 Å². The zero-order valence-corrected chi connectivity index (χ0v) is 15.3. The molecule has 2 N–H and O–H groups in total. The van der Waals surface area contributed by atoms with Crippen LogP contribution in [0.2, 0.25) is 0 Å². The summed E-state index contributed by atoms with van der Waals surface area (Å²) >= 11 is 0. The molecule has 2 aromatic heterocycles. The van der Waals surface area contributed by atoms with Crippen LogP contribution >= 0.6 is 0 Å². The molecule has 0 spiro atoms. The minimum Gasteiger partial charge on any atom is -0.495 e. The Labute approximate surface area is 156 Å². The van der Waals surface area contributed by atoms with Crippen LogP contribution in [0.4, 0.5) is 17.2 Å². The second-order valence-corrected chi connectivity index (χ2v) is 6.29. The number of nitrogens with zero attached hydrogens (tertiary/aromatic N) is 3. The summed E-state index contributed by atoms with van der Waals surface area (Å²) in [6.07, 6.45) is 3.54. The molecule has 0 aliphatic carbocycles. The van der Waals surface area contributed by atoms with Gasteiger partial charge in [-0.2, -0.15) is 0 Å². The fourth-order valence-electron chi connectivity index (χ4n) is 3.12. The molecule has 8 heteroatoms. The molecule has 4 rings (SSSR count). The minimum absolute atomic E-state index is 0.0161. The van der Waals surface area contributed by atoms with Crippen LogP contribution in [0.3, 0.4) is 0 Å². The monoisotopic (exact) mass is 367 g/mol. The van der Waals surface area contributed by atoms with Gasteiger partial charge >= 0.3 is 0 Å². The number of carbonyl (C=O) groups excluding carboxylic acids is 1. The van der Waals surface area contributed by atoms with Crippen molar-refractivity contribution in [3.63, 3.8) is 0 Å². The number of aromatic nitrogens is 3. The lowest BCUT2D eigenvalue weighted by atomic mass is 10.1. The summed E-state index contributed by atoms with van der Waals surface area (Å²) in [5.74, 6) is 1.98. The highest BCUT2D eigenvalue weighted by atomic mass is 16.5. The number of imidazole rings is 1. The second-order valence-electron chi connectivity index (χ2n) is 6.29. The number of rotatable bonds is 2. The van der Waals surface area contributed by atoms with E-state index in [9.17, 15) is 4.79 Å². The third kappa shape index (κ3) is 3.25. The first-order chi connectivity index (χ1) is 13.2. The van der Waals surface area contributed by atoms with Crippen LogP contribution in [0.15, 0.2) is 30.5 Å². The number of ether oxygens (including phenoxy) is 2. The fraction of sp³-hybridized carbons (Fsp3) is 0.316. The van der Waals surface area contributed by atoms with Crippen molar-refractivity contribution < 1.29 is 14.3 Å². The van der Waals surface area contributed by atoms with E-state index < -0.39 is 0 Å². The summed E-state index contributed by atoms with van der Waals surface area (Å²) in [5, 5.41) is 11.0. The minimum atomic E-state index is 0.0161.